The molecule has 19 heavy (non-hydrogen) atoms. The second-order valence-electron chi connectivity index (χ2n) is 4.05. The van der Waals surface area contributed by atoms with Crippen molar-refractivity contribution in [1.29, 1.82) is 5.26 Å². The molecule has 1 aromatic heterocycles. The standard InChI is InChI=1S/C8H8N2OS.C5H6O2/c9-3-6-5-1-2-11-4-7(5)12-8(6)10;6-5-1-3-7-4-2-5/h1-2,4,10H2;1,3H,2,4H2. The van der Waals surface area contributed by atoms with Crippen LogP contribution in [0.4, 0.5) is 5.00 Å². The molecule has 6 heteroatoms. The molecule has 2 aliphatic heterocycles. The Balaban J connectivity index is 0.000000163. The number of nitrogens with zero attached hydrogens (tertiary/aromatic N) is 1. The van der Waals surface area contributed by atoms with Gasteiger partial charge in [0.1, 0.15) is 11.1 Å². The zero-order chi connectivity index (χ0) is 13.7. The number of nitrogens with two attached hydrogens (primary N) is 1. The summed E-state index contributed by atoms with van der Waals surface area (Å²) in [5.74, 6) is 0.159. The molecule has 0 saturated carbocycles. The largest absolute Gasteiger partial charge is 0.501 e. The Morgan fingerprint density at radius 2 is 2.21 bits per heavy atom. The summed E-state index contributed by atoms with van der Waals surface area (Å²) in [5.41, 5.74) is 7.44. The van der Waals surface area contributed by atoms with Gasteiger partial charge in [-0.25, -0.2) is 0 Å². The summed E-state index contributed by atoms with van der Waals surface area (Å²) in [7, 11) is 0. The number of ketones is 1. The van der Waals surface area contributed by atoms with E-state index in [1.807, 2.05) is 0 Å². The van der Waals surface area contributed by atoms with E-state index in [4.69, 9.17) is 20.5 Å². The van der Waals surface area contributed by atoms with Gasteiger partial charge in [-0.15, -0.1) is 11.3 Å². The highest BCUT2D eigenvalue weighted by molar-refractivity contribution is 7.16. The topological polar surface area (TPSA) is 85.3 Å². The SMILES string of the molecule is N#Cc1c(N)sc2c1CCOC2.O=C1C=COCC1. The molecule has 5 nitrogen and oxygen atoms in total. The van der Waals surface area contributed by atoms with Crippen molar-refractivity contribution in [1.82, 2.24) is 0 Å². The Hall–Kier alpha value is -1.84. The Labute approximate surface area is 115 Å². The van der Waals surface area contributed by atoms with E-state index in [0.717, 1.165) is 16.9 Å². The summed E-state index contributed by atoms with van der Waals surface area (Å²) in [6.45, 7) is 1.87. The molecule has 3 heterocycles. The van der Waals surface area contributed by atoms with Crippen molar-refractivity contribution < 1.29 is 14.3 Å². The van der Waals surface area contributed by atoms with Gasteiger partial charge in [0.05, 0.1) is 31.6 Å². The minimum absolute atomic E-state index is 0.159. The number of hydrogen-bond donors (Lipinski definition) is 1. The fraction of sp³-hybridized carbons (Fsp3) is 0.385. The van der Waals surface area contributed by atoms with E-state index in [2.05, 4.69) is 6.07 Å². The zero-order valence-corrected chi connectivity index (χ0v) is 11.2. The van der Waals surface area contributed by atoms with E-state index < -0.39 is 0 Å². The molecular formula is C13H14N2O3S. The molecule has 2 N–H and O–H groups in total. The number of ether oxygens (including phenoxy) is 2. The molecule has 3 rings (SSSR count). The monoisotopic (exact) mass is 278 g/mol. The number of nitrogen functional groups attached to an aromatic ring is 1. The van der Waals surface area contributed by atoms with Gasteiger partial charge in [-0.3, -0.25) is 4.79 Å². The third-order valence-corrected chi connectivity index (χ3v) is 3.81. The molecule has 0 amide bonds. The van der Waals surface area contributed by atoms with Crippen LogP contribution < -0.4 is 5.73 Å². The van der Waals surface area contributed by atoms with E-state index in [-0.39, 0.29) is 5.78 Å². The summed E-state index contributed by atoms with van der Waals surface area (Å²) >= 11 is 1.47. The maximum absolute atomic E-state index is 10.3. The van der Waals surface area contributed by atoms with E-state index in [0.29, 0.717) is 36.8 Å². The van der Waals surface area contributed by atoms with Crippen LogP contribution in [0.3, 0.4) is 0 Å². The van der Waals surface area contributed by atoms with Gasteiger partial charge in [0.15, 0.2) is 5.78 Å². The molecule has 100 valence electrons. The normalized spacial score (nSPS) is 16.7. The highest BCUT2D eigenvalue weighted by Gasteiger charge is 2.19. The van der Waals surface area contributed by atoms with Crippen LogP contribution in [0.25, 0.3) is 0 Å². The van der Waals surface area contributed by atoms with Gasteiger partial charge >= 0.3 is 0 Å². The van der Waals surface area contributed by atoms with Gasteiger partial charge in [0.2, 0.25) is 0 Å². The predicted molar refractivity (Wildman–Crippen MR) is 71.5 cm³/mol. The lowest BCUT2D eigenvalue weighted by atomic mass is 10.1. The molecule has 0 atom stereocenters. The van der Waals surface area contributed by atoms with Crippen molar-refractivity contribution >= 4 is 22.1 Å². The summed E-state index contributed by atoms with van der Waals surface area (Å²) in [4.78, 5) is 11.4. The lowest BCUT2D eigenvalue weighted by Gasteiger charge is -2.10. The van der Waals surface area contributed by atoms with Gasteiger partial charge in [-0.05, 0) is 12.0 Å². The highest BCUT2D eigenvalue weighted by Crippen LogP contribution is 2.33. The van der Waals surface area contributed by atoms with Crippen molar-refractivity contribution in [3.05, 3.63) is 28.3 Å². The van der Waals surface area contributed by atoms with Crippen molar-refractivity contribution in [3.8, 4) is 6.07 Å². The van der Waals surface area contributed by atoms with Crippen LogP contribution >= 0.6 is 11.3 Å². The average molecular weight is 278 g/mol. The quantitative estimate of drug-likeness (QED) is 0.781. The maximum Gasteiger partial charge on any atom is 0.162 e. The number of allylic oxidation sites excluding steroid dienone is 1. The van der Waals surface area contributed by atoms with Crippen LogP contribution in [0.1, 0.15) is 22.4 Å². The van der Waals surface area contributed by atoms with Gasteiger partial charge in [0.25, 0.3) is 0 Å². The maximum atomic E-state index is 10.3. The Morgan fingerprint density at radius 1 is 1.37 bits per heavy atom. The second kappa shape index (κ2) is 6.36. The number of anilines is 1. The van der Waals surface area contributed by atoms with Crippen LogP contribution in [0.5, 0.6) is 0 Å². The Kier molecular flexibility index (Phi) is 4.55. The van der Waals surface area contributed by atoms with Crippen molar-refractivity contribution in [2.75, 3.05) is 18.9 Å². The van der Waals surface area contributed by atoms with Crippen molar-refractivity contribution in [3.63, 3.8) is 0 Å². The molecule has 0 fully saturated rings. The van der Waals surface area contributed by atoms with Crippen LogP contribution in [0.2, 0.25) is 0 Å². The predicted octanol–water partition coefficient (Wildman–Crippen LogP) is 1.76. The molecule has 0 bridgehead atoms. The van der Waals surface area contributed by atoms with E-state index in [1.54, 1.807) is 0 Å². The zero-order valence-electron chi connectivity index (χ0n) is 10.3. The summed E-state index contributed by atoms with van der Waals surface area (Å²) in [6.07, 6.45) is 4.25. The van der Waals surface area contributed by atoms with Crippen LogP contribution in [0.15, 0.2) is 12.3 Å². The number of fused-ring (bicyclic) bond motifs is 1. The first-order chi connectivity index (χ1) is 9.22. The minimum Gasteiger partial charge on any atom is -0.501 e. The van der Waals surface area contributed by atoms with Crippen molar-refractivity contribution in [2.45, 2.75) is 19.4 Å². The molecule has 0 aliphatic carbocycles. The van der Waals surface area contributed by atoms with E-state index in [1.165, 1.54) is 23.7 Å². The molecule has 0 radical (unpaired) electrons. The molecule has 1 aromatic rings. The molecule has 0 aromatic carbocycles. The third-order valence-electron chi connectivity index (χ3n) is 2.78. The highest BCUT2D eigenvalue weighted by atomic mass is 32.1. The number of carbonyl (C=O) groups excluding carboxylic acids is 1. The molecular weight excluding hydrogens is 264 g/mol. The first-order valence-corrected chi connectivity index (χ1v) is 6.73. The van der Waals surface area contributed by atoms with E-state index in [9.17, 15) is 4.79 Å². The summed E-state index contributed by atoms with van der Waals surface area (Å²) in [6, 6.07) is 2.13. The smallest absolute Gasteiger partial charge is 0.162 e. The lowest BCUT2D eigenvalue weighted by molar-refractivity contribution is -0.116. The van der Waals surface area contributed by atoms with Gasteiger partial charge in [0, 0.05) is 17.4 Å². The lowest BCUT2D eigenvalue weighted by Crippen LogP contribution is -2.07. The Morgan fingerprint density at radius 3 is 2.79 bits per heavy atom. The van der Waals surface area contributed by atoms with Crippen LogP contribution in [-0.2, 0) is 27.3 Å². The van der Waals surface area contributed by atoms with E-state index >= 15 is 0 Å². The minimum atomic E-state index is 0.159. The average Bonchev–Trinajstić information content (AvgIpc) is 2.75. The Bertz CT molecular complexity index is 543. The third kappa shape index (κ3) is 3.34. The van der Waals surface area contributed by atoms with Gasteiger partial charge in [-0.1, -0.05) is 0 Å². The van der Waals surface area contributed by atoms with Crippen molar-refractivity contribution in [2.24, 2.45) is 0 Å². The number of nitriles is 1. The van der Waals surface area contributed by atoms with Gasteiger partial charge in [-0.2, -0.15) is 5.26 Å². The number of carbonyl (C=O) groups is 1. The first kappa shape index (κ1) is 13.6. The molecule has 0 unspecified atom stereocenters. The van der Waals surface area contributed by atoms with Crippen LogP contribution in [-0.4, -0.2) is 19.0 Å². The first-order valence-electron chi connectivity index (χ1n) is 5.91. The fourth-order valence-electron chi connectivity index (χ4n) is 1.81. The molecule has 0 spiro atoms. The summed E-state index contributed by atoms with van der Waals surface area (Å²) < 4.78 is 9.99. The second-order valence-corrected chi connectivity index (χ2v) is 5.18. The fourth-order valence-corrected chi connectivity index (χ4v) is 2.82. The molecule has 2 aliphatic rings. The summed E-state index contributed by atoms with van der Waals surface area (Å²) in [5, 5.41) is 9.43. The molecule has 0 saturated heterocycles. The van der Waals surface area contributed by atoms with Gasteiger partial charge < -0.3 is 15.2 Å². The number of hydrogen-bond acceptors (Lipinski definition) is 6. The number of thiophene rings is 1. The van der Waals surface area contributed by atoms with Crippen LogP contribution in [0, 0.1) is 11.3 Å². The number of rotatable bonds is 0.